The summed E-state index contributed by atoms with van der Waals surface area (Å²) in [5.74, 6) is 2.58. The van der Waals surface area contributed by atoms with E-state index >= 15 is 0 Å². The Hall–Kier alpha value is -6.60. The molecule has 0 bridgehead atoms. The Bertz CT molecular complexity index is 2740. The van der Waals surface area contributed by atoms with Gasteiger partial charge in [-0.05, 0) is 143 Å². The second-order valence-corrected chi connectivity index (χ2v) is 32.2. The van der Waals surface area contributed by atoms with Crippen LogP contribution in [0.5, 0.6) is 0 Å². The van der Waals surface area contributed by atoms with Gasteiger partial charge in [0.25, 0.3) is 0 Å². The molecule has 1 aromatic heterocycles. The maximum atomic E-state index is 10.8. The minimum absolute atomic E-state index is 0. The number of hydrogen-bond donors (Lipinski definition) is 3. The fourth-order valence-corrected chi connectivity index (χ4v) is 13.0. The second-order valence-electron chi connectivity index (χ2n) is 31.4. The predicted molar refractivity (Wildman–Crippen MR) is 568 cm³/mol. The highest BCUT2D eigenvalue weighted by Crippen LogP contribution is 2.26. The number of aliphatic imine (C=N–C) groups is 1. The molecule has 1 aliphatic carbocycles. The first-order valence-electron chi connectivity index (χ1n) is 49.5. The number of piperidine rings is 1. The second kappa shape index (κ2) is 142. The average molecular weight is 2240 g/mol. The number of hydrogen-bond acceptors (Lipinski definition) is 24. The molecule has 1 unspecified atom stereocenters. The average Bonchev–Trinajstić information content (AvgIpc) is 1.20. The highest BCUT2D eigenvalue weighted by Gasteiger charge is 2.17. The lowest BCUT2D eigenvalue weighted by Crippen LogP contribution is -3.10. The largest absolute Gasteiger partial charge is 1.00 e. The van der Waals surface area contributed by atoms with E-state index < -0.39 is 0 Å². The van der Waals surface area contributed by atoms with Crippen molar-refractivity contribution in [2.24, 2.45) is 27.9 Å². The highest BCUT2D eigenvalue weighted by molar-refractivity contribution is 9.09. The number of likely N-dealkylation sites (tertiary alicyclic amines) is 3. The number of likely N-dealkylation sites (N-methyl/N-ethyl adjacent to an activating group) is 3. The number of carbonyl (C=O) groups excluding carboxylic acids is 1. The molecule has 844 valence electrons. The van der Waals surface area contributed by atoms with Gasteiger partial charge in [-0.1, -0.05) is 181 Å². The van der Waals surface area contributed by atoms with E-state index in [-0.39, 0.29) is 92.9 Å². The van der Waals surface area contributed by atoms with Gasteiger partial charge < -0.3 is 192 Å². The van der Waals surface area contributed by atoms with E-state index in [1.54, 1.807) is 34.8 Å². The third-order valence-electron chi connectivity index (χ3n) is 21.0. The van der Waals surface area contributed by atoms with Gasteiger partial charge in [-0.3, -0.25) is 14.7 Å². The van der Waals surface area contributed by atoms with Crippen molar-refractivity contribution in [2.45, 2.75) is 170 Å². The fourth-order valence-electron chi connectivity index (χ4n) is 12.8. The van der Waals surface area contributed by atoms with Gasteiger partial charge in [0.05, 0.1) is 174 Å². The van der Waals surface area contributed by atoms with Gasteiger partial charge in [-0.25, -0.2) is 19.3 Å². The van der Waals surface area contributed by atoms with Crippen molar-refractivity contribution in [1.82, 2.24) is 34.1 Å². The van der Waals surface area contributed by atoms with E-state index in [4.69, 9.17) is 66.3 Å². The summed E-state index contributed by atoms with van der Waals surface area (Å²) in [7, 11) is 8.19. The molecule has 30 nitrogen and oxygen atoms in total. The monoisotopic (exact) mass is 2240 g/mol. The molecule has 7 heterocycles. The van der Waals surface area contributed by atoms with Gasteiger partial charge in [0, 0.05) is 89.8 Å². The molecule has 0 aromatic carbocycles. The van der Waals surface area contributed by atoms with Gasteiger partial charge in [-0.2, -0.15) is 0 Å². The number of nitrogens with zero attached hydrogens (tertiary/aromatic N) is 10. The predicted octanol–water partition coefficient (Wildman–Crippen LogP) is -5.26. The SMILES string of the molecule is C=COC(=O)N(CC)CC.C=COCCC(CC)CC.C=COCCC1CCCCC1.C=COCCC1CCOCC1.C=COCCN(C)C.C=COCCN(CC)CC.C=COCCN1CCCC1.C=COCCN1CCCCC1.C=COCC[N+]1=CCOCC1.C=COCC[NH+](C)C.C=COCC[NH+]1C=CN=C1.C=COCC[NH+]1CCCC1.C=COCCn1ccnc1.C=NOCCBr.[Cl-].[Cl-].[Cl-].[Cl-].[Cl-].[Cl-].[Cl-]. The number of oxime groups is 1. The van der Waals surface area contributed by atoms with Crippen molar-refractivity contribution >= 4 is 41.3 Å². The van der Waals surface area contributed by atoms with Gasteiger partial charge in [0.2, 0.25) is 0 Å². The summed E-state index contributed by atoms with van der Waals surface area (Å²) in [6.45, 7) is 94.9. The van der Waals surface area contributed by atoms with E-state index in [0.717, 1.165) is 200 Å². The lowest BCUT2D eigenvalue weighted by Gasteiger charge is -2.25. The van der Waals surface area contributed by atoms with Crippen molar-refractivity contribution in [3.05, 3.63) is 198 Å². The summed E-state index contributed by atoms with van der Waals surface area (Å²) in [5, 5.41) is 3.96. The molecule has 1 saturated carbocycles. The van der Waals surface area contributed by atoms with E-state index in [9.17, 15) is 4.79 Å². The van der Waals surface area contributed by atoms with Gasteiger partial charge in [-0.15, -0.1) is 5.16 Å². The molecule has 143 heavy (non-hydrogen) atoms. The molecule has 3 N–H and O–H groups in total. The number of rotatable bonds is 58. The van der Waals surface area contributed by atoms with Crippen LogP contribution in [0.4, 0.5) is 4.79 Å². The zero-order valence-electron chi connectivity index (χ0n) is 89.9. The topological polar surface area (TPSA) is 240 Å². The Labute approximate surface area is 922 Å². The molecule has 0 spiro atoms. The van der Waals surface area contributed by atoms with Crippen LogP contribution in [-0.4, -0.2) is 334 Å². The Morgan fingerprint density at radius 1 is 0.510 bits per heavy atom. The first-order valence-corrected chi connectivity index (χ1v) is 50.6. The van der Waals surface area contributed by atoms with Gasteiger partial charge in [0.1, 0.15) is 78.7 Å². The maximum absolute atomic E-state index is 10.8. The number of quaternary nitrogens is 3. The van der Waals surface area contributed by atoms with E-state index in [1.165, 1.54) is 234 Å². The summed E-state index contributed by atoms with van der Waals surface area (Å²) >= 11 is 3.14. The van der Waals surface area contributed by atoms with E-state index in [0.29, 0.717) is 39.5 Å². The number of imidazole rings is 1. The Balaban J connectivity index is -0.000000115. The van der Waals surface area contributed by atoms with Gasteiger partial charge >= 0.3 is 6.09 Å². The summed E-state index contributed by atoms with van der Waals surface area (Å²) in [4.78, 5) is 38.2. The molecule has 8 rings (SSSR count). The molecule has 5 fully saturated rings. The number of alkyl halides is 1. The van der Waals surface area contributed by atoms with Crippen LogP contribution in [-0.2, 0) is 82.4 Å². The summed E-state index contributed by atoms with van der Waals surface area (Å²) in [6, 6.07) is 0. The molecule has 0 radical (unpaired) electrons. The third-order valence-corrected chi connectivity index (χ3v) is 21.4. The number of nitrogens with one attached hydrogen (secondary N) is 3. The highest BCUT2D eigenvalue weighted by atomic mass is 79.9. The minimum atomic E-state index is -0.333. The summed E-state index contributed by atoms with van der Waals surface area (Å²) < 4.78 is 79.0. The van der Waals surface area contributed by atoms with Crippen LogP contribution in [0.25, 0.3) is 0 Å². The van der Waals surface area contributed by atoms with Crippen LogP contribution < -0.4 is 102 Å². The number of halogens is 8. The van der Waals surface area contributed by atoms with Crippen molar-refractivity contribution in [1.29, 1.82) is 0 Å². The maximum Gasteiger partial charge on any atom is 0.414 e. The number of ether oxygens (including phenoxy) is 15. The fraction of sp³-hybridized carbons (Fsp3) is 0.667. The van der Waals surface area contributed by atoms with Crippen LogP contribution in [0, 0.1) is 17.8 Å². The van der Waals surface area contributed by atoms with Gasteiger partial charge in [0.15, 0.2) is 25.6 Å². The quantitative estimate of drug-likeness (QED) is 0.0138. The minimum Gasteiger partial charge on any atom is -1.00 e. The molecule has 4 saturated heterocycles. The Morgan fingerprint density at radius 3 is 1.36 bits per heavy atom. The normalized spacial score (nSPS) is 14.0. The molecular formula is C105H198BrCl7N13O17-3. The van der Waals surface area contributed by atoms with Crippen LogP contribution in [0.15, 0.2) is 208 Å². The van der Waals surface area contributed by atoms with Crippen LogP contribution in [0.1, 0.15) is 164 Å². The molecule has 6 aliphatic heterocycles. The van der Waals surface area contributed by atoms with Crippen molar-refractivity contribution in [3.8, 4) is 0 Å². The lowest BCUT2D eigenvalue weighted by molar-refractivity contribution is -0.887. The summed E-state index contributed by atoms with van der Waals surface area (Å²) in [5.41, 5.74) is 0. The number of amides is 1. The van der Waals surface area contributed by atoms with Crippen LogP contribution in [0.3, 0.4) is 0 Å². The Morgan fingerprint density at radius 2 is 0.951 bits per heavy atom. The van der Waals surface area contributed by atoms with Crippen molar-refractivity contribution in [2.75, 3.05) is 270 Å². The van der Waals surface area contributed by atoms with E-state index in [1.807, 2.05) is 51.2 Å². The zero-order chi connectivity index (χ0) is 102. The molecule has 38 heteroatoms. The van der Waals surface area contributed by atoms with Crippen molar-refractivity contribution in [3.63, 3.8) is 0 Å². The number of aromatic nitrogens is 2. The summed E-state index contributed by atoms with van der Waals surface area (Å²) in [6.07, 6.45) is 57.0. The van der Waals surface area contributed by atoms with E-state index in [2.05, 4.69) is 205 Å². The van der Waals surface area contributed by atoms with Crippen molar-refractivity contribution < 1.29 is 187 Å². The molecular weight excluding hydrogens is 2040 g/mol. The molecule has 1 atom stereocenters. The molecule has 7 aliphatic rings. The first kappa shape index (κ1) is 164. The molecule has 1 amide bonds. The molecule has 1 aromatic rings. The lowest BCUT2D eigenvalue weighted by atomic mass is 9.87. The Kier molecular flexibility index (Phi) is 163. The van der Waals surface area contributed by atoms with Crippen LogP contribution >= 0.6 is 15.9 Å². The number of carbonyl (C=O) groups is 1. The third kappa shape index (κ3) is 131. The smallest absolute Gasteiger partial charge is 0.414 e. The standard InChI is InChI=1S/C10H18O.C9H17NO.C9H16O2.C9H18O.C8H14NO2.2C8H15NO.C8H17NO.2C7H10N2O.C7H13NO2.2C6H13NO.C3H6BrNO.7ClH/c2*1-2-11-9-8-10-6-4-3-5-7-10;1-2-10-6-3-9-4-7-11-8-5-9;1-4-9(5-2)7-8-10-6-3;1-2-10-6-3-9-4-7-11-8-5-9;2*1-2-10-8-7-9-5-3-4-6-9;1-4-9(5-2)7-8-10-6-3;2*1-2-10-6-5-9-4-3-8-7-9;1-4-8(5-2)7(9)10-6-3;2*1-4-8-6-5-7(2)3;1-5-6-3-2-4;;;;;;;/h2,10H,1,3-9H2;2H,1,3-9H2;2,9H,1,3-8H2;6,9H,3-5,7-8H2,1-2H3;2,4H,1,3,5-8H2;2*2H,1,3-8H2;6H,3-5,7-8H2,1-2H3;2*2-4,7H,1,5-6H2;6H,3-5H2,1-2H3;2*4H,1,5-6H2,2-3H3;1-3H2;7*1H/q;;;;+1;;;;;;;;;;;;;;;;/p-4. The zero-order valence-corrected chi connectivity index (χ0v) is 96.8. The first-order chi connectivity index (χ1) is 66.4. The van der Waals surface area contributed by atoms with Crippen LogP contribution in [0.2, 0.25) is 0 Å².